The Morgan fingerprint density at radius 3 is 2.71 bits per heavy atom. The molecule has 73 valence electrons. The zero-order chi connectivity index (χ0) is 10.6. The number of hydrogen-bond donors (Lipinski definition) is 1. The maximum atomic E-state index is 12.6. The molecule has 0 aliphatic carbocycles. The number of amides is 1. The highest BCUT2D eigenvalue weighted by molar-refractivity contribution is 5.95. The van der Waals surface area contributed by atoms with E-state index in [1.807, 2.05) is 0 Å². The van der Waals surface area contributed by atoms with Crippen molar-refractivity contribution in [3.63, 3.8) is 0 Å². The van der Waals surface area contributed by atoms with Crippen molar-refractivity contribution in [1.29, 1.82) is 0 Å². The smallest absolute Gasteiger partial charge is 0.312 e. The van der Waals surface area contributed by atoms with E-state index in [0.717, 1.165) is 6.07 Å². The molecule has 1 aromatic rings. The van der Waals surface area contributed by atoms with Crippen LogP contribution in [0.4, 0.5) is 10.1 Å². The lowest BCUT2D eigenvalue weighted by Gasteiger charge is -1.98. The highest BCUT2D eigenvalue weighted by Crippen LogP contribution is 2.09. The summed E-state index contributed by atoms with van der Waals surface area (Å²) in [4.78, 5) is 21.0. The Labute approximate surface area is 79.4 Å². The predicted molar refractivity (Wildman–Crippen MR) is 45.5 cm³/mol. The van der Waals surface area contributed by atoms with Crippen LogP contribution in [0.15, 0.2) is 24.3 Å². The lowest BCUT2D eigenvalue weighted by atomic mass is 10.3. The molecule has 0 heterocycles. The molecule has 0 aromatic heterocycles. The Kier molecular flexibility index (Phi) is 3.17. The Hall–Kier alpha value is -1.91. The van der Waals surface area contributed by atoms with Gasteiger partial charge in [-0.25, -0.2) is 9.71 Å². The molecule has 1 aromatic carbocycles. The molecule has 0 bridgehead atoms. The Morgan fingerprint density at radius 2 is 2.14 bits per heavy atom. The molecule has 0 fully saturated rings. The highest BCUT2D eigenvalue weighted by Gasteiger charge is 2.09. The van der Waals surface area contributed by atoms with E-state index in [0.29, 0.717) is 0 Å². The van der Waals surface area contributed by atoms with Crippen molar-refractivity contribution in [2.45, 2.75) is 6.42 Å². The minimum absolute atomic E-state index is 0.122. The van der Waals surface area contributed by atoms with Crippen molar-refractivity contribution >= 4 is 17.6 Å². The van der Waals surface area contributed by atoms with Crippen molar-refractivity contribution in [2.75, 3.05) is 0 Å². The summed E-state index contributed by atoms with van der Waals surface area (Å²) in [6.07, 6.45) is -0.684. The van der Waals surface area contributed by atoms with E-state index < -0.39 is 24.1 Å². The lowest BCUT2D eigenvalue weighted by molar-refractivity contribution is -0.140. The van der Waals surface area contributed by atoms with Crippen LogP contribution in [0, 0.1) is 5.82 Å². The van der Waals surface area contributed by atoms with Gasteiger partial charge in [0.15, 0.2) is 0 Å². The minimum atomic E-state index is -1.25. The van der Waals surface area contributed by atoms with Crippen LogP contribution >= 0.6 is 0 Å². The first-order valence-corrected chi connectivity index (χ1v) is 3.80. The van der Waals surface area contributed by atoms with E-state index in [4.69, 9.17) is 5.11 Å². The maximum Gasteiger partial charge on any atom is 0.312 e. The summed E-state index contributed by atoms with van der Waals surface area (Å²) in [5.41, 5.74) is 0.122. The molecule has 0 atom stereocenters. The summed E-state index contributed by atoms with van der Waals surface area (Å²) in [6, 6.07) is 5.07. The van der Waals surface area contributed by atoms with E-state index in [1.165, 1.54) is 18.2 Å². The average Bonchev–Trinajstić information content (AvgIpc) is 2.01. The number of rotatable bonds is 3. The van der Waals surface area contributed by atoms with Crippen molar-refractivity contribution in [1.82, 2.24) is 5.32 Å². The van der Waals surface area contributed by atoms with Gasteiger partial charge in [0.1, 0.15) is 12.2 Å². The van der Waals surface area contributed by atoms with E-state index in [1.54, 1.807) is 0 Å². The fourth-order valence-corrected chi connectivity index (χ4v) is 0.859. The molecule has 1 N–H and O–H groups in total. The number of carboxylic acids is 1. The van der Waals surface area contributed by atoms with Crippen molar-refractivity contribution in [2.24, 2.45) is 0 Å². The van der Waals surface area contributed by atoms with Gasteiger partial charge in [-0.15, -0.1) is 0 Å². The van der Waals surface area contributed by atoms with Crippen LogP contribution in [0.1, 0.15) is 6.42 Å². The van der Waals surface area contributed by atoms with Crippen LogP contribution in [0.3, 0.4) is 0 Å². The molecule has 0 unspecified atom stereocenters. The van der Waals surface area contributed by atoms with Gasteiger partial charge >= 0.3 is 5.97 Å². The Bertz CT molecular complexity index is 365. The summed E-state index contributed by atoms with van der Waals surface area (Å²) < 4.78 is 12.6. The largest absolute Gasteiger partial charge is 0.481 e. The second kappa shape index (κ2) is 4.36. The SMILES string of the molecule is O=C(O)CC(=O)[N]c1cccc(F)c1. The van der Waals surface area contributed by atoms with Crippen molar-refractivity contribution < 1.29 is 19.1 Å². The molecule has 4 nitrogen and oxygen atoms in total. The zero-order valence-electron chi connectivity index (χ0n) is 7.11. The molecule has 1 radical (unpaired) electrons. The fourth-order valence-electron chi connectivity index (χ4n) is 0.859. The normalized spacial score (nSPS) is 9.50. The van der Waals surface area contributed by atoms with E-state index >= 15 is 0 Å². The average molecular weight is 196 g/mol. The number of aliphatic carboxylic acids is 1. The molecule has 1 amide bonds. The molecule has 14 heavy (non-hydrogen) atoms. The molecular formula is C9H7FNO3. The van der Waals surface area contributed by atoms with Gasteiger partial charge in [-0.3, -0.25) is 9.59 Å². The summed E-state index contributed by atoms with van der Waals surface area (Å²) in [7, 11) is 0. The third kappa shape index (κ3) is 3.22. The minimum Gasteiger partial charge on any atom is -0.481 e. The monoisotopic (exact) mass is 196 g/mol. The first kappa shape index (κ1) is 10.2. The zero-order valence-corrected chi connectivity index (χ0v) is 7.11. The number of hydrogen-bond acceptors (Lipinski definition) is 2. The van der Waals surface area contributed by atoms with Gasteiger partial charge in [0, 0.05) is 0 Å². The molecule has 0 saturated heterocycles. The van der Waals surface area contributed by atoms with Crippen LogP contribution in [-0.4, -0.2) is 17.0 Å². The molecule has 0 spiro atoms. The number of carboxylic acid groups (broad SMARTS) is 1. The second-order valence-electron chi connectivity index (χ2n) is 2.56. The molecule has 0 saturated carbocycles. The van der Waals surface area contributed by atoms with Gasteiger partial charge in [0.25, 0.3) is 5.91 Å². The van der Waals surface area contributed by atoms with Gasteiger partial charge in [0.05, 0.1) is 5.69 Å². The topological polar surface area (TPSA) is 68.5 Å². The number of halogens is 1. The second-order valence-corrected chi connectivity index (χ2v) is 2.56. The first-order valence-electron chi connectivity index (χ1n) is 3.80. The molecule has 5 heteroatoms. The number of benzene rings is 1. The van der Waals surface area contributed by atoms with Crippen molar-refractivity contribution in [3.8, 4) is 0 Å². The third-order valence-electron chi connectivity index (χ3n) is 1.36. The number of carbonyl (C=O) groups is 2. The predicted octanol–water partition coefficient (Wildman–Crippen LogP) is 1.06. The summed E-state index contributed by atoms with van der Waals surface area (Å²) in [5, 5.41) is 11.7. The van der Waals surface area contributed by atoms with Gasteiger partial charge in [-0.2, -0.15) is 0 Å². The van der Waals surface area contributed by atoms with Gasteiger partial charge in [-0.05, 0) is 18.2 Å². The first-order chi connectivity index (χ1) is 6.58. The van der Waals surface area contributed by atoms with Crippen LogP contribution in [0.5, 0.6) is 0 Å². The number of nitrogens with zero attached hydrogens (tertiary/aromatic N) is 1. The Morgan fingerprint density at radius 1 is 1.43 bits per heavy atom. The third-order valence-corrected chi connectivity index (χ3v) is 1.36. The molecule has 0 aliphatic rings. The van der Waals surface area contributed by atoms with Gasteiger partial charge in [-0.1, -0.05) is 6.07 Å². The lowest BCUT2D eigenvalue weighted by Crippen LogP contribution is -2.14. The molecule has 1 rings (SSSR count). The molecule has 0 aliphatic heterocycles. The van der Waals surface area contributed by atoms with Crippen LogP contribution in [-0.2, 0) is 9.59 Å². The maximum absolute atomic E-state index is 12.6. The highest BCUT2D eigenvalue weighted by atomic mass is 19.1. The fraction of sp³-hybridized carbons (Fsp3) is 0.111. The van der Waals surface area contributed by atoms with Gasteiger partial charge < -0.3 is 5.11 Å². The van der Waals surface area contributed by atoms with E-state index in [9.17, 15) is 14.0 Å². The Balaban J connectivity index is 2.60. The quantitative estimate of drug-likeness (QED) is 0.735. The summed E-state index contributed by atoms with van der Waals surface area (Å²) in [6.45, 7) is 0. The van der Waals surface area contributed by atoms with Crippen LogP contribution in [0.25, 0.3) is 0 Å². The molecular weight excluding hydrogens is 189 g/mol. The van der Waals surface area contributed by atoms with Gasteiger partial charge in [0.2, 0.25) is 0 Å². The van der Waals surface area contributed by atoms with Crippen LogP contribution in [0.2, 0.25) is 0 Å². The van der Waals surface area contributed by atoms with Crippen LogP contribution < -0.4 is 5.32 Å². The summed E-state index contributed by atoms with van der Waals surface area (Å²) in [5.74, 6) is -2.58. The standard InChI is InChI=1S/C9H7FNO3/c10-6-2-1-3-7(4-6)11-8(12)5-9(13)14/h1-4H,5H2,(H,13,14). The number of carbonyl (C=O) groups excluding carboxylic acids is 1. The van der Waals surface area contributed by atoms with E-state index in [-0.39, 0.29) is 5.69 Å². The van der Waals surface area contributed by atoms with E-state index in [2.05, 4.69) is 5.32 Å². The summed E-state index contributed by atoms with van der Waals surface area (Å²) >= 11 is 0. The van der Waals surface area contributed by atoms with Crippen molar-refractivity contribution in [3.05, 3.63) is 30.1 Å².